The van der Waals surface area contributed by atoms with Crippen LogP contribution in [0.2, 0.25) is 0 Å². The zero-order valence-corrected chi connectivity index (χ0v) is 15.4. The third-order valence-corrected chi connectivity index (χ3v) is 3.99. The fourth-order valence-corrected chi connectivity index (χ4v) is 2.60. The fourth-order valence-electron chi connectivity index (χ4n) is 2.60. The van der Waals surface area contributed by atoms with E-state index in [4.69, 9.17) is 4.74 Å². The van der Waals surface area contributed by atoms with Crippen LogP contribution in [-0.2, 0) is 0 Å². The van der Waals surface area contributed by atoms with Crippen LogP contribution < -0.4 is 4.74 Å². The van der Waals surface area contributed by atoms with Crippen LogP contribution >= 0.6 is 0 Å². The number of rotatable bonds is 8. The van der Waals surface area contributed by atoms with Gasteiger partial charge in [-0.1, -0.05) is 43.9 Å². The molecule has 26 heavy (non-hydrogen) atoms. The van der Waals surface area contributed by atoms with Gasteiger partial charge in [0.2, 0.25) is 0 Å². The van der Waals surface area contributed by atoms with E-state index in [9.17, 15) is 9.90 Å². The fraction of sp³-hybridized carbons (Fsp3) is 0.318. The van der Waals surface area contributed by atoms with Crippen molar-refractivity contribution in [2.45, 2.75) is 20.3 Å². The lowest BCUT2D eigenvalue weighted by atomic mass is 10.1. The van der Waals surface area contributed by atoms with E-state index in [1.807, 2.05) is 30.3 Å². The summed E-state index contributed by atoms with van der Waals surface area (Å²) < 4.78 is 5.72. The molecular formula is C22H25NO3. The van der Waals surface area contributed by atoms with Crippen molar-refractivity contribution in [3.8, 4) is 17.6 Å². The maximum atomic E-state index is 11.6. The van der Waals surface area contributed by atoms with Gasteiger partial charge in [0, 0.05) is 17.7 Å². The van der Waals surface area contributed by atoms with E-state index < -0.39 is 5.97 Å². The quantitative estimate of drug-likeness (QED) is 0.733. The van der Waals surface area contributed by atoms with Crippen LogP contribution in [0.5, 0.6) is 5.75 Å². The van der Waals surface area contributed by atoms with Crippen LogP contribution in [0, 0.1) is 11.8 Å². The number of nitrogens with zero attached hydrogens (tertiary/aromatic N) is 1. The highest BCUT2D eigenvalue weighted by molar-refractivity contribution is 5.91. The molecule has 2 aromatic rings. The van der Waals surface area contributed by atoms with Gasteiger partial charge in [-0.25, -0.2) is 4.79 Å². The van der Waals surface area contributed by atoms with Crippen molar-refractivity contribution < 1.29 is 14.6 Å². The molecular weight excluding hydrogens is 326 g/mol. The monoisotopic (exact) mass is 351 g/mol. The maximum absolute atomic E-state index is 11.6. The van der Waals surface area contributed by atoms with Gasteiger partial charge in [0.1, 0.15) is 17.9 Å². The Bertz CT molecular complexity index is 775. The number of likely N-dealkylation sites (N-methyl/N-ethyl adjacent to an activating group) is 1. The molecule has 0 spiro atoms. The Hall–Kier alpha value is -2.77. The largest absolute Gasteiger partial charge is 0.491 e. The van der Waals surface area contributed by atoms with Crippen LogP contribution in [0.15, 0.2) is 48.5 Å². The highest BCUT2D eigenvalue weighted by Gasteiger charge is 2.12. The Kier molecular flexibility index (Phi) is 7.73. The van der Waals surface area contributed by atoms with E-state index in [2.05, 4.69) is 30.6 Å². The van der Waals surface area contributed by atoms with Gasteiger partial charge in [0.25, 0.3) is 0 Å². The molecule has 1 N–H and O–H groups in total. The average molecular weight is 351 g/mol. The number of hydrogen-bond acceptors (Lipinski definition) is 3. The van der Waals surface area contributed by atoms with E-state index in [1.165, 1.54) is 0 Å². The molecule has 4 nitrogen and oxygen atoms in total. The average Bonchev–Trinajstić information content (AvgIpc) is 2.67. The zero-order chi connectivity index (χ0) is 18.8. The Morgan fingerprint density at radius 3 is 2.42 bits per heavy atom. The smallest absolute Gasteiger partial charge is 0.339 e. The van der Waals surface area contributed by atoms with Crippen molar-refractivity contribution in [1.82, 2.24) is 4.90 Å². The van der Waals surface area contributed by atoms with E-state index in [0.717, 1.165) is 31.6 Å². The molecule has 0 radical (unpaired) electrons. The molecule has 0 saturated heterocycles. The Balaban J connectivity index is 2.09. The lowest BCUT2D eigenvalue weighted by molar-refractivity contribution is 0.0691. The molecule has 0 aliphatic heterocycles. The summed E-state index contributed by atoms with van der Waals surface area (Å²) in [6.45, 7) is 7.46. The highest BCUT2D eigenvalue weighted by atomic mass is 16.5. The predicted octanol–water partition coefficient (Wildman–Crippen LogP) is 3.90. The molecule has 0 aromatic heterocycles. The summed E-state index contributed by atoms with van der Waals surface area (Å²) in [6, 6.07) is 14.6. The van der Waals surface area contributed by atoms with Crippen LogP contribution in [0.4, 0.5) is 0 Å². The normalized spacial score (nSPS) is 10.3. The lowest BCUT2D eigenvalue weighted by Crippen LogP contribution is -2.29. The van der Waals surface area contributed by atoms with Crippen molar-refractivity contribution in [3.05, 3.63) is 65.2 Å². The number of ether oxygens (including phenoxy) is 1. The third kappa shape index (κ3) is 5.94. The molecule has 2 rings (SSSR count). The van der Waals surface area contributed by atoms with Crippen molar-refractivity contribution in [2.75, 3.05) is 26.2 Å². The molecule has 0 atom stereocenters. The minimum absolute atomic E-state index is 0.142. The number of aromatic carboxylic acids is 1. The summed E-state index contributed by atoms with van der Waals surface area (Å²) in [4.78, 5) is 13.8. The molecule has 0 saturated carbocycles. The van der Waals surface area contributed by atoms with Gasteiger partial charge >= 0.3 is 5.97 Å². The Morgan fingerprint density at radius 2 is 1.77 bits per heavy atom. The van der Waals surface area contributed by atoms with Crippen molar-refractivity contribution in [3.63, 3.8) is 0 Å². The Morgan fingerprint density at radius 1 is 1.04 bits per heavy atom. The van der Waals surface area contributed by atoms with Gasteiger partial charge in [0.05, 0.1) is 0 Å². The minimum atomic E-state index is -1.01. The first kappa shape index (κ1) is 19.6. The van der Waals surface area contributed by atoms with E-state index in [-0.39, 0.29) is 5.56 Å². The minimum Gasteiger partial charge on any atom is -0.491 e. The number of benzene rings is 2. The topological polar surface area (TPSA) is 49.8 Å². The van der Waals surface area contributed by atoms with Crippen LogP contribution in [0.25, 0.3) is 0 Å². The second-order valence-corrected chi connectivity index (χ2v) is 5.91. The van der Waals surface area contributed by atoms with Crippen LogP contribution in [-0.4, -0.2) is 42.2 Å². The lowest BCUT2D eigenvalue weighted by Gasteiger charge is -2.19. The molecule has 0 heterocycles. The molecule has 0 fully saturated rings. The predicted molar refractivity (Wildman–Crippen MR) is 104 cm³/mol. The first-order valence-corrected chi connectivity index (χ1v) is 8.93. The third-order valence-electron chi connectivity index (χ3n) is 3.99. The summed E-state index contributed by atoms with van der Waals surface area (Å²) in [6.07, 6.45) is 1.09. The van der Waals surface area contributed by atoms with Gasteiger partial charge in [-0.05, 0) is 49.8 Å². The zero-order valence-electron chi connectivity index (χ0n) is 15.4. The first-order chi connectivity index (χ1) is 12.6. The number of carboxylic acid groups (broad SMARTS) is 1. The highest BCUT2D eigenvalue weighted by Crippen LogP contribution is 2.20. The molecule has 4 heteroatoms. The summed E-state index contributed by atoms with van der Waals surface area (Å²) in [5.41, 5.74) is 1.68. The van der Waals surface area contributed by atoms with E-state index >= 15 is 0 Å². The second kappa shape index (κ2) is 10.3. The van der Waals surface area contributed by atoms with Gasteiger partial charge in [-0.15, -0.1) is 0 Å². The number of carbonyl (C=O) groups is 1. The SMILES string of the molecule is CCCN(CC)CCOc1ccc(C#Cc2ccccc2)cc1C(=O)O. The molecule has 136 valence electrons. The van der Waals surface area contributed by atoms with Crippen molar-refractivity contribution in [1.29, 1.82) is 0 Å². The summed E-state index contributed by atoms with van der Waals surface area (Å²) in [5, 5.41) is 9.48. The van der Waals surface area contributed by atoms with Crippen molar-refractivity contribution >= 4 is 5.97 Å². The summed E-state index contributed by atoms with van der Waals surface area (Å²) >= 11 is 0. The molecule has 0 amide bonds. The molecule has 0 unspecified atom stereocenters. The van der Waals surface area contributed by atoms with Gasteiger partial charge < -0.3 is 14.7 Å². The van der Waals surface area contributed by atoms with Crippen LogP contribution in [0.1, 0.15) is 41.8 Å². The van der Waals surface area contributed by atoms with Gasteiger partial charge in [-0.2, -0.15) is 0 Å². The van der Waals surface area contributed by atoms with Crippen LogP contribution in [0.3, 0.4) is 0 Å². The summed E-state index contributed by atoms with van der Waals surface area (Å²) in [7, 11) is 0. The molecule has 2 aromatic carbocycles. The second-order valence-electron chi connectivity index (χ2n) is 5.91. The molecule has 0 bridgehead atoms. The Labute approximate surface area is 155 Å². The van der Waals surface area contributed by atoms with E-state index in [1.54, 1.807) is 18.2 Å². The number of carboxylic acids is 1. The van der Waals surface area contributed by atoms with Crippen molar-refractivity contribution in [2.24, 2.45) is 0 Å². The van der Waals surface area contributed by atoms with Gasteiger partial charge in [0.15, 0.2) is 0 Å². The first-order valence-electron chi connectivity index (χ1n) is 8.93. The number of hydrogen-bond donors (Lipinski definition) is 1. The summed E-state index contributed by atoms with van der Waals surface area (Å²) in [5.74, 6) is 5.42. The molecule has 0 aliphatic rings. The maximum Gasteiger partial charge on any atom is 0.339 e. The van der Waals surface area contributed by atoms with E-state index in [0.29, 0.717) is 17.9 Å². The standard InChI is InChI=1S/C22H25NO3/c1-3-14-23(4-2)15-16-26-21-13-12-19(17-20(21)22(24)25)11-10-18-8-6-5-7-9-18/h5-9,12-13,17H,3-4,14-16H2,1-2H3,(H,24,25). The molecule has 0 aliphatic carbocycles. The van der Waals surface area contributed by atoms with Gasteiger partial charge in [-0.3, -0.25) is 0 Å².